The third kappa shape index (κ3) is 3.26. The van der Waals surface area contributed by atoms with Gasteiger partial charge in [-0.1, -0.05) is 37.0 Å². The van der Waals surface area contributed by atoms with Crippen LogP contribution in [-0.2, 0) is 14.6 Å². The molecule has 1 amide bonds. The van der Waals surface area contributed by atoms with Crippen LogP contribution in [0.5, 0.6) is 0 Å². The lowest BCUT2D eigenvalue weighted by molar-refractivity contribution is -0.123. The number of carbonyl (C=O) groups is 1. The molecule has 3 atom stereocenters. The van der Waals surface area contributed by atoms with Crippen molar-refractivity contribution in [1.29, 1.82) is 0 Å². The molecule has 0 aromatic rings. The van der Waals surface area contributed by atoms with Gasteiger partial charge in [-0.3, -0.25) is 4.79 Å². The molecule has 0 aromatic carbocycles. The average molecular weight is 326 g/mol. The van der Waals surface area contributed by atoms with Crippen LogP contribution in [0.1, 0.15) is 20.3 Å². The number of allylic oxidation sites excluding steroid dienone is 1. The normalized spacial score (nSPS) is 34.6. The molecule has 19 heavy (non-hydrogen) atoms. The SMILES string of the molecule is CC1(C)[C@H](C=C(Cl)Cl)[C@@H]1C(=O)N[C@@H]1CCS(=O)(=O)C1. The second kappa shape index (κ2) is 4.93. The summed E-state index contributed by atoms with van der Waals surface area (Å²) in [4.78, 5) is 12.2. The molecular weight excluding hydrogens is 309 g/mol. The Morgan fingerprint density at radius 2 is 2.00 bits per heavy atom. The first-order chi connectivity index (χ1) is 8.63. The van der Waals surface area contributed by atoms with E-state index in [0.717, 1.165) is 0 Å². The molecule has 1 saturated carbocycles. The molecule has 1 saturated heterocycles. The second-order valence-corrected chi connectivity index (χ2v) is 9.13. The van der Waals surface area contributed by atoms with Gasteiger partial charge >= 0.3 is 0 Å². The van der Waals surface area contributed by atoms with Gasteiger partial charge in [0.1, 0.15) is 4.49 Å². The third-order valence-corrected chi connectivity index (χ3v) is 6.10. The zero-order valence-electron chi connectivity index (χ0n) is 10.8. The monoisotopic (exact) mass is 325 g/mol. The maximum Gasteiger partial charge on any atom is 0.224 e. The highest BCUT2D eigenvalue weighted by Gasteiger charge is 2.60. The van der Waals surface area contributed by atoms with Crippen molar-refractivity contribution in [3.63, 3.8) is 0 Å². The summed E-state index contributed by atoms with van der Waals surface area (Å²) in [5.74, 6) is -0.0901. The minimum atomic E-state index is -2.98. The summed E-state index contributed by atoms with van der Waals surface area (Å²) < 4.78 is 22.9. The van der Waals surface area contributed by atoms with Crippen molar-refractivity contribution in [3.05, 3.63) is 10.6 Å². The Morgan fingerprint density at radius 3 is 2.47 bits per heavy atom. The zero-order chi connectivity index (χ0) is 14.4. The molecule has 108 valence electrons. The first kappa shape index (κ1) is 15.1. The topological polar surface area (TPSA) is 63.2 Å². The Hall–Kier alpha value is -0.260. The van der Waals surface area contributed by atoms with Gasteiger partial charge in [-0.05, 0) is 23.8 Å². The van der Waals surface area contributed by atoms with Gasteiger partial charge in [-0.15, -0.1) is 0 Å². The van der Waals surface area contributed by atoms with Crippen LogP contribution >= 0.6 is 23.2 Å². The Morgan fingerprint density at radius 1 is 1.37 bits per heavy atom. The minimum Gasteiger partial charge on any atom is -0.352 e. The van der Waals surface area contributed by atoms with Crippen molar-refractivity contribution in [2.75, 3.05) is 11.5 Å². The largest absolute Gasteiger partial charge is 0.352 e. The molecule has 2 rings (SSSR count). The van der Waals surface area contributed by atoms with Gasteiger partial charge in [0.15, 0.2) is 9.84 Å². The average Bonchev–Trinajstić information content (AvgIpc) is 2.59. The van der Waals surface area contributed by atoms with E-state index in [0.29, 0.717) is 6.42 Å². The molecule has 1 heterocycles. The van der Waals surface area contributed by atoms with Crippen molar-refractivity contribution >= 4 is 38.9 Å². The van der Waals surface area contributed by atoms with Gasteiger partial charge in [0.25, 0.3) is 0 Å². The first-order valence-corrected chi connectivity index (χ1v) is 8.75. The van der Waals surface area contributed by atoms with Crippen LogP contribution in [-0.4, -0.2) is 31.9 Å². The lowest BCUT2D eigenvalue weighted by atomic mass is 10.1. The molecule has 1 N–H and O–H groups in total. The van der Waals surface area contributed by atoms with E-state index in [4.69, 9.17) is 23.2 Å². The summed E-state index contributed by atoms with van der Waals surface area (Å²) in [5.41, 5.74) is -0.184. The maximum atomic E-state index is 12.2. The number of halogens is 2. The van der Waals surface area contributed by atoms with Crippen molar-refractivity contribution < 1.29 is 13.2 Å². The number of hydrogen-bond acceptors (Lipinski definition) is 3. The Bertz CT molecular complexity index is 523. The number of carbonyl (C=O) groups excluding carboxylic acids is 1. The van der Waals surface area contributed by atoms with Gasteiger partial charge in [0.2, 0.25) is 5.91 Å². The Balaban J connectivity index is 1.97. The fourth-order valence-corrected chi connectivity index (χ4v) is 4.77. The summed E-state index contributed by atoms with van der Waals surface area (Å²) >= 11 is 11.3. The highest BCUT2D eigenvalue weighted by atomic mass is 35.5. The molecule has 1 aliphatic carbocycles. The van der Waals surface area contributed by atoms with E-state index < -0.39 is 9.84 Å². The molecule has 0 aromatic heterocycles. The quantitative estimate of drug-likeness (QED) is 0.861. The van der Waals surface area contributed by atoms with Crippen LogP contribution in [0.25, 0.3) is 0 Å². The van der Waals surface area contributed by atoms with Crippen LogP contribution in [0.3, 0.4) is 0 Å². The van der Waals surface area contributed by atoms with E-state index in [9.17, 15) is 13.2 Å². The zero-order valence-corrected chi connectivity index (χ0v) is 13.1. The van der Waals surface area contributed by atoms with E-state index in [2.05, 4.69) is 5.32 Å². The van der Waals surface area contributed by atoms with Crippen LogP contribution < -0.4 is 5.32 Å². The van der Waals surface area contributed by atoms with E-state index in [1.165, 1.54) is 0 Å². The number of amides is 1. The number of sulfone groups is 1. The second-order valence-electron chi connectivity index (χ2n) is 5.89. The standard InChI is InChI=1S/C12H17Cl2NO3S/c1-12(2)8(5-9(13)14)10(12)11(16)15-7-3-4-19(17,18)6-7/h5,7-8,10H,3-4,6H2,1-2H3,(H,15,16)/t7-,8-,10-/m1/s1. The van der Waals surface area contributed by atoms with Crippen molar-refractivity contribution in [2.24, 2.45) is 17.3 Å². The smallest absolute Gasteiger partial charge is 0.224 e. The van der Waals surface area contributed by atoms with Crippen molar-refractivity contribution in [3.8, 4) is 0 Å². The van der Waals surface area contributed by atoms with E-state index >= 15 is 0 Å². The summed E-state index contributed by atoms with van der Waals surface area (Å²) in [6.45, 7) is 3.95. The number of rotatable bonds is 3. The first-order valence-electron chi connectivity index (χ1n) is 6.17. The lowest BCUT2D eigenvalue weighted by Crippen LogP contribution is -2.37. The number of nitrogens with one attached hydrogen (secondary N) is 1. The van der Waals surface area contributed by atoms with E-state index in [-0.39, 0.29) is 45.2 Å². The number of hydrogen-bond donors (Lipinski definition) is 1. The molecule has 0 unspecified atom stereocenters. The molecule has 0 radical (unpaired) electrons. The van der Waals surface area contributed by atoms with Gasteiger partial charge in [0, 0.05) is 6.04 Å². The van der Waals surface area contributed by atoms with Gasteiger partial charge in [-0.2, -0.15) is 0 Å². The fraction of sp³-hybridized carbons (Fsp3) is 0.750. The summed E-state index contributed by atoms with van der Waals surface area (Å²) in [6, 6.07) is -0.259. The fourth-order valence-electron chi connectivity index (χ4n) is 2.83. The molecule has 0 spiro atoms. The van der Waals surface area contributed by atoms with Crippen LogP contribution in [0.2, 0.25) is 0 Å². The van der Waals surface area contributed by atoms with Gasteiger partial charge in [-0.25, -0.2) is 8.42 Å². The Labute approximate surface area is 123 Å². The van der Waals surface area contributed by atoms with Gasteiger partial charge < -0.3 is 5.32 Å². The molecule has 1 aliphatic heterocycles. The van der Waals surface area contributed by atoms with E-state index in [1.807, 2.05) is 13.8 Å². The highest BCUT2D eigenvalue weighted by Crippen LogP contribution is 2.59. The van der Waals surface area contributed by atoms with Crippen molar-refractivity contribution in [2.45, 2.75) is 26.3 Å². The Kier molecular flexibility index (Phi) is 3.93. The molecule has 7 heteroatoms. The molecule has 2 fully saturated rings. The molecular formula is C12H17Cl2NO3S. The lowest BCUT2D eigenvalue weighted by Gasteiger charge is -2.11. The predicted molar refractivity (Wildman–Crippen MR) is 75.8 cm³/mol. The summed E-state index contributed by atoms with van der Waals surface area (Å²) in [6.07, 6.45) is 2.18. The van der Waals surface area contributed by atoms with Gasteiger partial charge in [0.05, 0.1) is 17.4 Å². The third-order valence-electron chi connectivity index (χ3n) is 4.08. The highest BCUT2D eigenvalue weighted by molar-refractivity contribution is 7.91. The summed E-state index contributed by atoms with van der Waals surface area (Å²) in [7, 11) is -2.98. The molecule has 0 bridgehead atoms. The molecule has 2 aliphatic rings. The van der Waals surface area contributed by atoms with Crippen LogP contribution in [0.4, 0.5) is 0 Å². The minimum absolute atomic E-state index is 0.00973. The maximum absolute atomic E-state index is 12.2. The summed E-state index contributed by atoms with van der Waals surface area (Å²) in [5, 5.41) is 2.82. The van der Waals surface area contributed by atoms with Crippen LogP contribution in [0, 0.1) is 17.3 Å². The molecule has 4 nitrogen and oxygen atoms in total. The van der Waals surface area contributed by atoms with E-state index in [1.54, 1.807) is 6.08 Å². The predicted octanol–water partition coefficient (Wildman–Crippen LogP) is 1.88. The van der Waals surface area contributed by atoms with Crippen molar-refractivity contribution in [1.82, 2.24) is 5.32 Å². The van der Waals surface area contributed by atoms with Crippen LogP contribution in [0.15, 0.2) is 10.6 Å².